The van der Waals surface area contributed by atoms with Gasteiger partial charge in [0, 0.05) is 5.56 Å². The number of allylic oxidation sites excluding steroid dienone is 1. The highest BCUT2D eigenvalue weighted by Gasteiger charge is 2.14. The van der Waals surface area contributed by atoms with Crippen molar-refractivity contribution in [2.24, 2.45) is 0 Å². The smallest absolute Gasteiger partial charge is 0.123 e. The maximum atomic E-state index is 10.1. The summed E-state index contributed by atoms with van der Waals surface area (Å²) in [6.07, 6.45) is 0.695. The van der Waals surface area contributed by atoms with Gasteiger partial charge < -0.3 is 10.2 Å². The van der Waals surface area contributed by atoms with Gasteiger partial charge in [-0.15, -0.1) is 0 Å². The van der Waals surface area contributed by atoms with Gasteiger partial charge in [0.05, 0.1) is 0 Å². The van der Waals surface area contributed by atoms with E-state index in [0.29, 0.717) is 12.0 Å². The summed E-state index contributed by atoms with van der Waals surface area (Å²) in [5, 5.41) is 20.1. The number of hydrogen-bond donors (Lipinski definition) is 2. The van der Waals surface area contributed by atoms with E-state index in [0.717, 1.165) is 16.7 Å². The Labute approximate surface area is 120 Å². The Morgan fingerprint density at radius 1 is 1.05 bits per heavy atom. The predicted octanol–water partition coefficient (Wildman–Crippen LogP) is 4.48. The van der Waals surface area contributed by atoms with E-state index in [1.54, 1.807) is 12.1 Å². The van der Waals surface area contributed by atoms with Crippen LogP contribution in [-0.2, 0) is 6.42 Å². The van der Waals surface area contributed by atoms with Gasteiger partial charge in [-0.2, -0.15) is 0 Å². The van der Waals surface area contributed by atoms with Gasteiger partial charge in [-0.25, -0.2) is 0 Å². The number of rotatable bonds is 4. The van der Waals surface area contributed by atoms with Crippen LogP contribution in [0.3, 0.4) is 0 Å². The summed E-state index contributed by atoms with van der Waals surface area (Å²) in [6.45, 7) is 7.93. The quantitative estimate of drug-likeness (QED) is 0.858. The van der Waals surface area contributed by atoms with Crippen molar-refractivity contribution >= 4 is 5.57 Å². The summed E-state index contributed by atoms with van der Waals surface area (Å²) >= 11 is 0. The Morgan fingerprint density at radius 3 is 2.10 bits per heavy atom. The van der Waals surface area contributed by atoms with Crippen molar-refractivity contribution in [1.82, 2.24) is 0 Å². The van der Waals surface area contributed by atoms with Crippen LogP contribution >= 0.6 is 0 Å². The van der Waals surface area contributed by atoms with E-state index >= 15 is 0 Å². The molecule has 0 amide bonds. The molecule has 0 aliphatic heterocycles. The van der Waals surface area contributed by atoms with Crippen LogP contribution in [0.15, 0.2) is 49.0 Å². The monoisotopic (exact) mass is 268 g/mol. The average molecular weight is 268 g/mol. The van der Waals surface area contributed by atoms with Crippen LogP contribution in [0, 0.1) is 0 Å². The molecule has 0 spiro atoms. The number of benzene rings is 2. The molecule has 0 saturated heterocycles. The second-order valence-electron chi connectivity index (χ2n) is 5.35. The first-order chi connectivity index (χ1) is 9.49. The first-order valence-electron chi connectivity index (χ1n) is 6.77. The van der Waals surface area contributed by atoms with Gasteiger partial charge >= 0.3 is 0 Å². The summed E-state index contributed by atoms with van der Waals surface area (Å²) < 4.78 is 0. The molecule has 2 rings (SSSR count). The van der Waals surface area contributed by atoms with Crippen LogP contribution in [0.25, 0.3) is 5.57 Å². The molecule has 0 saturated carbocycles. The van der Waals surface area contributed by atoms with Crippen molar-refractivity contribution in [2.75, 3.05) is 0 Å². The maximum Gasteiger partial charge on any atom is 0.123 e. The van der Waals surface area contributed by atoms with Gasteiger partial charge in [0.2, 0.25) is 0 Å². The zero-order valence-corrected chi connectivity index (χ0v) is 11.9. The lowest BCUT2D eigenvalue weighted by atomic mass is 9.94. The predicted molar refractivity (Wildman–Crippen MR) is 83.0 cm³/mol. The van der Waals surface area contributed by atoms with E-state index in [-0.39, 0.29) is 17.4 Å². The van der Waals surface area contributed by atoms with Crippen molar-refractivity contribution in [1.29, 1.82) is 0 Å². The third-order valence-corrected chi connectivity index (χ3v) is 3.38. The molecule has 2 aromatic carbocycles. The fourth-order valence-corrected chi connectivity index (χ4v) is 2.36. The first-order valence-corrected chi connectivity index (χ1v) is 6.77. The molecule has 0 aromatic heterocycles. The topological polar surface area (TPSA) is 40.5 Å². The number of hydrogen-bond acceptors (Lipinski definition) is 2. The van der Waals surface area contributed by atoms with E-state index in [9.17, 15) is 10.2 Å². The van der Waals surface area contributed by atoms with Crippen LogP contribution in [0.1, 0.15) is 36.5 Å². The summed E-state index contributed by atoms with van der Waals surface area (Å²) in [6, 6.07) is 13.4. The molecule has 2 heteroatoms. The highest BCUT2D eigenvalue weighted by atomic mass is 16.3. The molecule has 2 N–H and O–H groups in total. The second-order valence-corrected chi connectivity index (χ2v) is 5.35. The molecule has 0 bridgehead atoms. The molecular weight excluding hydrogens is 248 g/mol. The zero-order chi connectivity index (χ0) is 14.7. The lowest BCUT2D eigenvalue weighted by molar-refractivity contribution is 0.433. The van der Waals surface area contributed by atoms with Crippen LogP contribution in [0.4, 0.5) is 0 Å². The van der Waals surface area contributed by atoms with Gasteiger partial charge in [0.1, 0.15) is 11.5 Å². The molecule has 2 nitrogen and oxygen atoms in total. The van der Waals surface area contributed by atoms with Gasteiger partial charge in [-0.05, 0) is 41.2 Å². The van der Waals surface area contributed by atoms with Crippen LogP contribution in [-0.4, -0.2) is 10.2 Å². The summed E-state index contributed by atoms with van der Waals surface area (Å²) in [7, 11) is 0. The standard InChI is InChI=1S/C18H20O2/c1-12(2)18-16(19)10-15(11-17(18)20)13(3)9-14-7-5-4-6-8-14/h4-8,10-12,19-20H,3,9H2,1-2H3. The highest BCUT2D eigenvalue weighted by Crippen LogP contribution is 2.36. The van der Waals surface area contributed by atoms with Crippen molar-refractivity contribution in [3.63, 3.8) is 0 Å². The second kappa shape index (κ2) is 5.83. The molecule has 0 radical (unpaired) electrons. The molecule has 0 heterocycles. The third kappa shape index (κ3) is 3.02. The van der Waals surface area contributed by atoms with Crippen molar-refractivity contribution in [2.45, 2.75) is 26.2 Å². The number of phenols is 2. The van der Waals surface area contributed by atoms with E-state index in [1.165, 1.54) is 0 Å². The normalized spacial score (nSPS) is 10.8. The zero-order valence-electron chi connectivity index (χ0n) is 11.9. The molecule has 104 valence electrons. The summed E-state index contributed by atoms with van der Waals surface area (Å²) in [5.74, 6) is 0.333. The lowest BCUT2D eigenvalue weighted by Crippen LogP contribution is -1.94. The Morgan fingerprint density at radius 2 is 1.60 bits per heavy atom. The third-order valence-electron chi connectivity index (χ3n) is 3.38. The van der Waals surface area contributed by atoms with Gasteiger partial charge in [0.25, 0.3) is 0 Å². The Kier molecular flexibility index (Phi) is 4.14. The van der Waals surface area contributed by atoms with Gasteiger partial charge in [-0.3, -0.25) is 0 Å². The number of aromatic hydroxyl groups is 2. The lowest BCUT2D eigenvalue weighted by Gasteiger charge is -2.14. The first kappa shape index (κ1) is 14.2. The summed E-state index contributed by atoms with van der Waals surface area (Å²) in [5.41, 5.74) is 3.39. The minimum absolute atomic E-state index is 0.0754. The van der Waals surface area contributed by atoms with Crippen LogP contribution < -0.4 is 0 Å². The Bertz CT molecular complexity index is 590. The van der Waals surface area contributed by atoms with Gasteiger partial charge in [-0.1, -0.05) is 50.8 Å². The SMILES string of the molecule is C=C(Cc1ccccc1)c1cc(O)c(C(C)C)c(O)c1. The summed E-state index contributed by atoms with van der Waals surface area (Å²) in [4.78, 5) is 0. The minimum Gasteiger partial charge on any atom is -0.507 e. The molecule has 0 fully saturated rings. The Hall–Kier alpha value is -2.22. The number of phenolic OH excluding ortho intramolecular Hbond substituents is 2. The average Bonchev–Trinajstić information content (AvgIpc) is 2.38. The van der Waals surface area contributed by atoms with Crippen molar-refractivity contribution < 1.29 is 10.2 Å². The van der Waals surface area contributed by atoms with E-state index in [4.69, 9.17) is 0 Å². The fraction of sp³-hybridized carbons (Fsp3) is 0.222. The van der Waals surface area contributed by atoms with Crippen molar-refractivity contribution in [3.05, 3.63) is 65.7 Å². The van der Waals surface area contributed by atoms with E-state index < -0.39 is 0 Å². The largest absolute Gasteiger partial charge is 0.507 e. The molecule has 0 atom stereocenters. The van der Waals surface area contributed by atoms with Crippen LogP contribution in [0.5, 0.6) is 11.5 Å². The molecule has 2 aromatic rings. The van der Waals surface area contributed by atoms with E-state index in [2.05, 4.69) is 6.58 Å². The highest BCUT2D eigenvalue weighted by molar-refractivity contribution is 5.69. The molecular formula is C18H20O2. The molecule has 20 heavy (non-hydrogen) atoms. The minimum atomic E-state index is 0.0754. The fourth-order valence-electron chi connectivity index (χ4n) is 2.36. The molecule has 0 aliphatic carbocycles. The molecule has 0 aliphatic rings. The Balaban J connectivity index is 2.28. The molecule has 0 unspecified atom stereocenters. The maximum absolute atomic E-state index is 10.1. The van der Waals surface area contributed by atoms with Crippen molar-refractivity contribution in [3.8, 4) is 11.5 Å². The van der Waals surface area contributed by atoms with Crippen LogP contribution in [0.2, 0.25) is 0 Å². The van der Waals surface area contributed by atoms with Gasteiger partial charge in [0.15, 0.2) is 0 Å². The van der Waals surface area contributed by atoms with E-state index in [1.807, 2.05) is 44.2 Å².